The van der Waals surface area contributed by atoms with E-state index in [1.807, 2.05) is 0 Å². The van der Waals surface area contributed by atoms with Crippen molar-refractivity contribution >= 4 is 23.7 Å². The molecule has 0 aromatic heterocycles. The fraction of sp³-hybridized carbons (Fsp3) is 0.692. The molecule has 3 amide bonds. The van der Waals surface area contributed by atoms with Gasteiger partial charge in [-0.1, -0.05) is 0 Å². The average molecular weight is 348 g/mol. The number of carboxylic acid groups (broad SMARTS) is 1. The first kappa shape index (κ1) is 21.8. The van der Waals surface area contributed by atoms with Gasteiger partial charge in [0.2, 0.25) is 17.7 Å². The van der Waals surface area contributed by atoms with Gasteiger partial charge in [0.15, 0.2) is 6.04 Å². The van der Waals surface area contributed by atoms with Gasteiger partial charge < -0.3 is 37.4 Å². The molecule has 0 aromatic carbocycles. The van der Waals surface area contributed by atoms with E-state index in [9.17, 15) is 29.4 Å². The van der Waals surface area contributed by atoms with Gasteiger partial charge in [-0.05, 0) is 20.3 Å². The van der Waals surface area contributed by atoms with Gasteiger partial charge in [0.1, 0.15) is 12.1 Å². The van der Waals surface area contributed by atoms with Crippen LogP contribution in [0.3, 0.4) is 0 Å². The van der Waals surface area contributed by atoms with Crippen LogP contribution in [0.4, 0.5) is 0 Å². The minimum atomic E-state index is -1.60. The number of carboxylic acids is 1. The van der Waals surface area contributed by atoms with Gasteiger partial charge >= 0.3 is 5.97 Å². The van der Waals surface area contributed by atoms with Crippen molar-refractivity contribution in [2.75, 3.05) is 0 Å². The first-order valence-corrected chi connectivity index (χ1v) is 7.21. The first-order chi connectivity index (χ1) is 11.0. The normalized spacial score (nSPS) is 17.0. The van der Waals surface area contributed by atoms with Crippen LogP contribution in [-0.2, 0) is 19.2 Å². The van der Waals surface area contributed by atoms with E-state index in [1.165, 1.54) is 13.8 Å². The maximum Gasteiger partial charge on any atom is 0.328 e. The molecule has 0 saturated heterocycles. The number of hydrogen-bond acceptors (Lipinski definition) is 7. The second-order valence-electron chi connectivity index (χ2n) is 5.40. The molecule has 0 fully saturated rings. The Morgan fingerprint density at radius 1 is 1.00 bits per heavy atom. The van der Waals surface area contributed by atoms with Crippen LogP contribution in [0.25, 0.3) is 0 Å². The lowest BCUT2D eigenvalue weighted by atomic mass is 10.1. The number of nitrogens with two attached hydrogens (primary N) is 2. The molecule has 0 aliphatic carbocycles. The SMILES string of the molecule is CC(O)C(N)C(=O)NC(CCC(N)=O)C(=O)NC(C(=O)O)C(C)O. The van der Waals surface area contributed by atoms with Crippen LogP contribution in [0.1, 0.15) is 26.7 Å². The molecular weight excluding hydrogens is 324 g/mol. The molecule has 0 rings (SSSR count). The molecule has 5 unspecified atom stereocenters. The molecule has 9 N–H and O–H groups in total. The number of aliphatic hydroxyl groups excluding tert-OH is 2. The summed E-state index contributed by atoms with van der Waals surface area (Å²) in [6.45, 7) is 2.44. The van der Waals surface area contributed by atoms with Gasteiger partial charge in [-0.15, -0.1) is 0 Å². The quantitative estimate of drug-likeness (QED) is 0.209. The molecule has 24 heavy (non-hydrogen) atoms. The highest BCUT2D eigenvalue weighted by Crippen LogP contribution is 2.02. The van der Waals surface area contributed by atoms with Crippen LogP contribution in [0.15, 0.2) is 0 Å². The molecule has 0 aliphatic rings. The Morgan fingerprint density at radius 3 is 1.92 bits per heavy atom. The van der Waals surface area contributed by atoms with Crippen molar-refractivity contribution in [3.05, 3.63) is 0 Å². The van der Waals surface area contributed by atoms with Crippen molar-refractivity contribution in [1.29, 1.82) is 0 Å². The Kier molecular flexibility index (Phi) is 8.89. The zero-order valence-corrected chi connectivity index (χ0v) is 13.4. The Morgan fingerprint density at radius 2 is 1.54 bits per heavy atom. The molecule has 138 valence electrons. The van der Waals surface area contributed by atoms with Crippen LogP contribution in [0.2, 0.25) is 0 Å². The Labute approximate surface area is 138 Å². The molecule has 0 aromatic rings. The van der Waals surface area contributed by atoms with E-state index in [4.69, 9.17) is 16.6 Å². The summed E-state index contributed by atoms with van der Waals surface area (Å²) < 4.78 is 0. The van der Waals surface area contributed by atoms with E-state index in [2.05, 4.69) is 10.6 Å². The number of aliphatic carboxylic acids is 1. The zero-order valence-electron chi connectivity index (χ0n) is 13.4. The average Bonchev–Trinajstić information content (AvgIpc) is 2.46. The third kappa shape index (κ3) is 7.35. The molecular formula is C13H24N4O7. The van der Waals surface area contributed by atoms with Crippen LogP contribution >= 0.6 is 0 Å². The van der Waals surface area contributed by atoms with Crippen molar-refractivity contribution in [1.82, 2.24) is 10.6 Å². The summed E-state index contributed by atoms with van der Waals surface area (Å²) in [6, 6.07) is -4.23. The van der Waals surface area contributed by atoms with Crippen LogP contribution in [0, 0.1) is 0 Å². The third-order valence-electron chi connectivity index (χ3n) is 3.18. The van der Waals surface area contributed by atoms with E-state index in [0.29, 0.717) is 0 Å². The van der Waals surface area contributed by atoms with Crippen molar-refractivity contribution in [2.45, 2.75) is 57.0 Å². The van der Waals surface area contributed by atoms with Crippen molar-refractivity contribution < 1.29 is 34.5 Å². The van der Waals surface area contributed by atoms with Crippen molar-refractivity contribution in [2.24, 2.45) is 11.5 Å². The predicted molar refractivity (Wildman–Crippen MR) is 81.3 cm³/mol. The van der Waals surface area contributed by atoms with Crippen molar-refractivity contribution in [3.8, 4) is 0 Å². The maximum atomic E-state index is 12.1. The summed E-state index contributed by atoms with van der Waals surface area (Å²) in [6.07, 6.45) is -3.03. The van der Waals surface area contributed by atoms with E-state index >= 15 is 0 Å². The number of nitrogens with one attached hydrogen (secondary N) is 2. The first-order valence-electron chi connectivity index (χ1n) is 7.21. The molecule has 0 bridgehead atoms. The van der Waals surface area contributed by atoms with Crippen LogP contribution in [-0.4, -0.2) is 69.3 Å². The highest BCUT2D eigenvalue weighted by atomic mass is 16.4. The highest BCUT2D eigenvalue weighted by Gasteiger charge is 2.31. The van der Waals surface area contributed by atoms with Gasteiger partial charge in [0.05, 0.1) is 12.2 Å². The molecule has 11 nitrogen and oxygen atoms in total. The van der Waals surface area contributed by atoms with E-state index in [0.717, 1.165) is 0 Å². The minimum absolute atomic E-state index is 0.203. The predicted octanol–water partition coefficient (Wildman–Crippen LogP) is -3.60. The van der Waals surface area contributed by atoms with Gasteiger partial charge in [-0.3, -0.25) is 14.4 Å². The summed E-state index contributed by atoms with van der Waals surface area (Å²) in [4.78, 5) is 45.9. The van der Waals surface area contributed by atoms with Gasteiger partial charge in [-0.2, -0.15) is 0 Å². The standard InChI is InChI=1S/C13H24N4O7/c1-5(18)9(15)12(22)16-7(3-4-8(14)20)11(21)17-10(6(2)19)13(23)24/h5-7,9-10,18-19H,3-4,15H2,1-2H3,(H2,14,20)(H,16,22)(H,17,21)(H,23,24). The van der Waals surface area contributed by atoms with E-state index < -0.39 is 54.0 Å². The fourth-order valence-electron chi connectivity index (χ4n) is 1.68. The number of amides is 3. The van der Waals surface area contributed by atoms with Gasteiger partial charge in [-0.25, -0.2) is 4.79 Å². The lowest BCUT2D eigenvalue weighted by molar-refractivity contribution is -0.145. The lowest BCUT2D eigenvalue weighted by Gasteiger charge is -2.24. The molecule has 0 heterocycles. The van der Waals surface area contributed by atoms with Gasteiger partial charge in [0, 0.05) is 6.42 Å². The number of carbonyl (C=O) groups is 4. The monoisotopic (exact) mass is 348 g/mol. The van der Waals surface area contributed by atoms with Crippen molar-refractivity contribution in [3.63, 3.8) is 0 Å². The summed E-state index contributed by atoms with van der Waals surface area (Å²) in [5.41, 5.74) is 10.4. The molecule has 11 heteroatoms. The Bertz CT molecular complexity index is 481. The number of primary amides is 1. The summed E-state index contributed by atoms with van der Waals surface area (Å²) in [5, 5.41) is 31.9. The highest BCUT2D eigenvalue weighted by molar-refractivity contribution is 5.92. The van der Waals surface area contributed by atoms with Crippen LogP contribution in [0.5, 0.6) is 0 Å². The topological polar surface area (TPSA) is 205 Å². The Balaban J connectivity index is 5.10. The minimum Gasteiger partial charge on any atom is -0.480 e. The number of hydrogen-bond donors (Lipinski definition) is 7. The summed E-state index contributed by atoms with van der Waals surface area (Å²) in [7, 11) is 0. The smallest absolute Gasteiger partial charge is 0.328 e. The molecule has 5 atom stereocenters. The summed E-state index contributed by atoms with van der Waals surface area (Å²) in [5.74, 6) is -4.00. The number of aliphatic hydroxyl groups is 2. The second kappa shape index (κ2) is 9.80. The maximum absolute atomic E-state index is 12.1. The van der Waals surface area contributed by atoms with Crippen LogP contribution < -0.4 is 22.1 Å². The Hall–Kier alpha value is -2.24. The number of rotatable bonds is 10. The molecule has 0 spiro atoms. The largest absolute Gasteiger partial charge is 0.480 e. The van der Waals surface area contributed by atoms with E-state index in [1.54, 1.807) is 0 Å². The second-order valence-corrected chi connectivity index (χ2v) is 5.40. The molecule has 0 aliphatic heterocycles. The van der Waals surface area contributed by atoms with Gasteiger partial charge in [0.25, 0.3) is 0 Å². The molecule has 0 saturated carbocycles. The number of carbonyl (C=O) groups excluding carboxylic acids is 3. The fourth-order valence-corrected chi connectivity index (χ4v) is 1.68. The molecule has 0 radical (unpaired) electrons. The third-order valence-corrected chi connectivity index (χ3v) is 3.18. The summed E-state index contributed by atoms with van der Waals surface area (Å²) >= 11 is 0. The lowest BCUT2D eigenvalue weighted by Crippen LogP contribution is -2.57. The zero-order chi connectivity index (χ0) is 19.0. The van der Waals surface area contributed by atoms with E-state index in [-0.39, 0.29) is 12.8 Å².